The van der Waals surface area contributed by atoms with Crippen molar-refractivity contribution in [2.24, 2.45) is 0 Å². The van der Waals surface area contributed by atoms with Gasteiger partial charge in [-0.2, -0.15) is 0 Å². The van der Waals surface area contributed by atoms with E-state index < -0.39 is 0 Å². The molecular weight excluding hydrogens is 308 g/mol. The van der Waals surface area contributed by atoms with Crippen LogP contribution in [0.3, 0.4) is 0 Å². The first-order valence-corrected chi connectivity index (χ1v) is 9.30. The smallest absolute Gasteiger partial charge is 0.159 e. The fraction of sp³-hybridized carbons (Fsp3) is 0.429. The lowest BCUT2D eigenvalue weighted by molar-refractivity contribution is 0.386. The topological polar surface area (TPSA) is 35.6 Å². The molecule has 5 rings (SSSR count). The van der Waals surface area contributed by atoms with Gasteiger partial charge in [-0.3, -0.25) is 0 Å². The summed E-state index contributed by atoms with van der Waals surface area (Å²) in [6.45, 7) is 4.48. The summed E-state index contributed by atoms with van der Waals surface area (Å²) in [6, 6.07) is 15.5. The second kappa shape index (κ2) is 5.32. The molecule has 0 bridgehead atoms. The zero-order chi connectivity index (χ0) is 17.0. The molecule has 0 aliphatic heterocycles. The van der Waals surface area contributed by atoms with E-state index in [1.54, 1.807) is 0 Å². The van der Waals surface area contributed by atoms with E-state index in [9.17, 15) is 0 Å². The molecule has 0 saturated heterocycles. The normalized spacial score (nSPS) is 23.0. The molecule has 2 saturated carbocycles. The standard InChI is InChI=1S/C21H24N4/c1-21(2,24-12-6-7-13-24)20-23-22-19(16-10-11-16)25(20)18-14-17(18)15-8-4-3-5-9-15/h3-9,12-13,16-18H,10-11,14H2,1-2H3/t17-,18?/m0/s1. The molecule has 3 aromatic rings. The van der Waals surface area contributed by atoms with Crippen molar-refractivity contribution >= 4 is 0 Å². The predicted octanol–water partition coefficient (Wildman–Crippen LogP) is 4.47. The summed E-state index contributed by atoms with van der Waals surface area (Å²) in [4.78, 5) is 0. The summed E-state index contributed by atoms with van der Waals surface area (Å²) in [7, 11) is 0. The Kier molecular flexibility index (Phi) is 3.18. The Morgan fingerprint density at radius 2 is 1.68 bits per heavy atom. The number of aromatic nitrogens is 4. The van der Waals surface area contributed by atoms with Gasteiger partial charge in [-0.05, 0) is 50.8 Å². The molecule has 1 aromatic carbocycles. The Balaban J connectivity index is 1.56. The SMILES string of the molecule is CC(C)(c1nnc(C2CC2)n1C1C[C@H]1c1ccccc1)n1cccc1. The Labute approximate surface area is 148 Å². The van der Waals surface area contributed by atoms with Gasteiger partial charge in [-0.15, -0.1) is 10.2 Å². The second-order valence-electron chi connectivity index (χ2n) is 8.00. The Hall–Kier alpha value is -2.36. The summed E-state index contributed by atoms with van der Waals surface area (Å²) in [5.41, 5.74) is 1.24. The van der Waals surface area contributed by atoms with Crippen molar-refractivity contribution in [2.75, 3.05) is 0 Å². The minimum absolute atomic E-state index is 0.201. The van der Waals surface area contributed by atoms with Gasteiger partial charge < -0.3 is 9.13 Å². The zero-order valence-corrected chi connectivity index (χ0v) is 14.8. The largest absolute Gasteiger partial charge is 0.342 e. The van der Waals surface area contributed by atoms with Crippen molar-refractivity contribution in [3.8, 4) is 0 Å². The maximum absolute atomic E-state index is 4.69. The van der Waals surface area contributed by atoms with Crippen LogP contribution in [0.5, 0.6) is 0 Å². The van der Waals surface area contributed by atoms with Crippen LogP contribution in [-0.4, -0.2) is 19.3 Å². The van der Waals surface area contributed by atoms with E-state index in [4.69, 9.17) is 0 Å². The van der Waals surface area contributed by atoms with E-state index in [2.05, 4.69) is 88.0 Å². The zero-order valence-electron chi connectivity index (χ0n) is 14.8. The molecule has 128 valence electrons. The van der Waals surface area contributed by atoms with E-state index in [1.165, 1.54) is 30.7 Å². The van der Waals surface area contributed by atoms with Gasteiger partial charge in [0, 0.05) is 30.3 Å². The molecule has 2 heterocycles. The lowest BCUT2D eigenvalue weighted by atomic mass is 10.0. The Morgan fingerprint density at radius 3 is 2.36 bits per heavy atom. The molecule has 0 amide bonds. The van der Waals surface area contributed by atoms with Crippen LogP contribution in [0, 0.1) is 0 Å². The third-order valence-corrected chi connectivity index (χ3v) is 5.78. The van der Waals surface area contributed by atoms with Gasteiger partial charge >= 0.3 is 0 Å². The highest BCUT2D eigenvalue weighted by molar-refractivity contribution is 5.29. The van der Waals surface area contributed by atoms with Gasteiger partial charge in [0.2, 0.25) is 0 Å². The van der Waals surface area contributed by atoms with Gasteiger partial charge in [-0.25, -0.2) is 0 Å². The van der Waals surface area contributed by atoms with E-state index in [-0.39, 0.29) is 5.54 Å². The van der Waals surface area contributed by atoms with Crippen LogP contribution < -0.4 is 0 Å². The molecule has 1 unspecified atom stereocenters. The van der Waals surface area contributed by atoms with Crippen LogP contribution >= 0.6 is 0 Å². The van der Waals surface area contributed by atoms with Crippen molar-refractivity contribution in [3.63, 3.8) is 0 Å². The monoisotopic (exact) mass is 332 g/mol. The maximum Gasteiger partial charge on any atom is 0.159 e. The maximum atomic E-state index is 4.69. The van der Waals surface area contributed by atoms with Crippen LogP contribution in [0.1, 0.15) is 68.2 Å². The molecule has 0 radical (unpaired) electrons. The van der Waals surface area contributed by atoms with Crippen LogP contribution in [0.25, 0.3) is 0 Å². The van der Waals surface area contributed by atoms with Crippen molar-refractivity contribution < 1.29 is 0 Å². The van der Waals surface area contributed by atoms with E-state index in [1.807, 2.05) is 0 Å². The van der Waals surface area contributed by atoms with Crippen LogP contribution in [0.4, 0.5) is 0 Å². The van der Waals surface area contributed by atoms with Crippen LogP contribution in [0.2, 0.25) is 0 Å². The molecule has 0 N–H and O–H groups in total. The first-order valence-electron chi connectivity index (χ1n) is 9.30. The first kappa shape index (κ1) is 14.9. The summed E-state index contributed by atoms with van der Waals surface area (Å²) < 4.78 is 4.72. The third-order valence-electron chi connectivity index (χ3n) is 5.78. The molecule has 2 aromatic heterocycles. The van der Waals surface area contributed by atoms with E-state index >= 15 is 0 Å². The number of hydrogen-bond acceptors (Lipinski definition) is 2. The van der Waals surface area contributed by atoms with Gasteiger partial charge in [-0.1, -0.05) is 30.3 Å². The van der Waals surface area contributed by atoms with Crippen molar-refractivity contribution in [2.45, 2.75) is 56.5 Å². The molecule has 2 fully saturated rings. The number of rotatable bonds is 5. The molecule has 25 heavy (non-hydrogen) atoms. The van der Waals surface area contributed by atoms with Crippen molar-refractivity contribution in [3.05, 3.63) is 72.1 Å². The fourth-order valence-corrected chi connectivity index (χ4v) is 4.02. The average molecular weight is 332 g/mol. The number of benzene rings is 1. The third kappa shape index (κ3) is 2.43. The first-order chi connectivity index (χ1) is 12.2. The molecule has 2 aliphatic carbocycles. The molecule has 2 aliphatic rings. The average Bonchev–Trinajstić information content (AvgIpc) is 3.52. The summed E-state index contributed by atoms with van der Waals surface area (Å²) in [5.74, 6) is 3.50. The quantitative estimate of drug-likeness (QED) is 0.691. The highest BCUT2D eigenvalue weighted by atomic mass is 15.3. The minimum Gasteiger partial charge on any atom is -0.342 e. The van der Waals surface area contributed by atoms with Gasteiger partial charge in [0.25, 0.3) is 0 Å². The molecule has 4 nitrogen and oxygen atoms in total. The van der Waals surface area contributed by atoms with Gasteiger partial charge in [0.1, 0.15) is 5.82 Å². The molecule has 4 heteroatoms. The van der Waals surface area contributed by atoms with Crippen molar-refractivity contribution in [1.82, 2.24) is 19.3 Å². The van der Waals surface area contributed by atoms with Gasteiger partial charge in [0.05, 0.1) is 5.54 Å². The highest BCUT2D eigenvalue weighted by Crippen LogP contribution is 2.55. The number of nitrogens with zero attached hydrogens (tertiary/aromatic N) is 4. The Bertz CT molecular complexity index is 872. The number of hydrogen-bond donors (Lipinski definition) is 0. The van der Waals surface area contributed by atoms with Gasteiger partial charge in [0.15, 0.2) is 5.82 Å². The molecule has 0 spiro atoms. The minimum atomic E-state index is -0.201. The molecular formula is C21H24N4. The second-order valence-corrected chi connectivity index (χ2v) is 8.00. The Morgan fingerprint density at radius 1 is 0.960 bits per heavy atom. The highest BCUT2D eigenvalue weighted by Gasteiger charge is 2.46. The summed E-state index contributed by atoms with van der Waals surface area (Å²) >= 11 is 0. The van der Waals surface area contributed by atoms with Crippen molar-refractivity contribution in [1.29, 1.82) is 0 Å². The van der Waals surface area contributed by atoms with E-state index in [0.29, 0.717) is 17.9 Å². The van der Waals surface area contributed by atoms with Crippen LogP contribution in [0.15, 0.2) is 54.9 Å². The van der Waals surface area contributed by atoms with Crippen LogP contribution in [-0.2, 0) is 5.54 Å². The summed E-state index contributed by atoms with van der Waals surface area (Å²) in [5, 5.41) is 9.33. The van der Waals surface area contributed by atoms with E-state index in [0.717, 1.165) is 5.82 Å². The summed E-state index contributed by atoms with van der Waals surface area (Å²) in [6.07, 6.45) is 7.95. The predicted molar refractivity (Wildman–Crippen MR) is 97.7 cm³/mol. The fourth-order valence-electron chi connectivity index (χ4n) is 4.02. The lowest BCUT2D eigenvalue weighted by Crippen LogP contribution is -2.31. The molecule has 2 atom stereocenters. The lowest BCUT2D eigenvalue weighted by Gasteiger charge is -2.27.